The monoisotopic (exact) mass is 632 g/mol. The highest BCUT2D eigenvalue weighted by molar-refractivity contribution is 14.1. The number of halogens is 5. The number of anilines is 1. The van der Waals surface area contributed by atoms with E-state index in [-0.39, 0.29) is 27.4 Å². The molecule has 6 nitrogen and oxygen atoms in total. The number of aromatic nitrogens is 2. The molecule has 11 heteroatoms. The van der Waals surface area contributed by atoms with Gasteiger partial charge in [0.15, 0.2) is 5.82 Å². The standard InChI is InChI=1S/C25H25ClF3IN4O2/c1-15(2)24(36)31-17-10-12-33(13-11-17)21-14-22(35)34(20(30)9-8-16(3)25(27,28)29)23(32-21)18-6-4-5-7-19(18)26/h4-8,14-15,17H,3,10-13H2,1-2H3,(H,31,36). The summed E-state index contributed by atoms with van der Waals surface area (Å²) < 4.78 is 39.8. The van der Waals surface area contributed by atoms with Crippen LogP contribution >= 0.6 is 34.2 Å². The summed E-state index contributed by atoms with van der Waals surface area (Å²) in [5, 5.41) is 3.36. The van der Waals surface area contributed by atoms with Crippen molar-refractivity contribution in [3.05, 3.63) is 69.7 Å². The molecule has 1 aromatic heterocycles. The summed E-state index contributed by atoms with van der Waals surface area (Å²) in [6, 6.07) is 8.15. The molecule has 0 unspecified atom stereocenters. The Balaban J connectivity index is 2.00. The number of nitrogens with zero attached hydrogens (tertiary/aromatic N) is 3. The molecule has 1 aliphatic heterocycles. The van der Waals surface area contributed by atoms with Gasteiger partial charge >= 0.3 is 6.18 Å². The van der Waals surface area contributed by atoms with Crippen molar-refractivity contribution in [2.75, 3.05) is 18.0 Å². The van der Waals surface area contributed by atoms with Gasteiger partial charge < -0.3 is 10.2 Å². The molecule has 1 aromatic carbocycles. The lowest BCUT2D eigenvalue weighted by Gasteiger charge is -2.33. The molecule has 0 spiro atoms. The Hall–Kier alpha value is -2.56. The molecule has 2 aromatic rings. The van der Waals surface area contributed by atoms with Gasteiger partial charge in [0, 0.05) is 36.7 Å². The molecule has 192 valence electrons. The van der Waals surface area contributed by atoms with E-state index < -0.39 is 17.3 Å². The molecule has 1 N–H and O–H groups in total. The number of alkyl halides is 3. The normalized spacial score (nSPS) is 14.4. The number of benzene rings is 1. The van der Waals surface area contributed by atoms with Crippen LogP contribution in [-0.2, 0) is 4.79 Å². The van der Waals surface area contributed by atoms with Gasteiger partial charge in [-0.25, -0.2) is 9.55 Å². The van der Waals surface area contributed by atoms with Crippen LogP contribution in [0.25, 0.3) is 15.1 Å². The molecular weight excluding hydrogens is 608 g/mol. The van der Waals surface area contributed by atoms with Crippen LogP contribution in [0.15, 0.2) is 59.1 Å². The van der Waals surface area contributed by atoms with E-state index in [1.807, 2.05) is 18.7 Å². The number of piperidine rings is 1. The van der Waals surface area contributed by atoms with Crippen molar-refractivity contribution in [3.63, 3.8) is 0 Å². The molecular formula is C25H25ClF3IN4O2. The quantitative estimate of drug-likeness (QED) is 0.248. The zero-order valence-electron chi connectivity index (χ0n) is 19.7. The number of allylic oxidation sites excluding steroid dienone is 2. The zero-order valence-corrected chi connectivity index (χ0v) is 22.6. The summed E-state index contributed by atoms with van der Waals surface area (Å²) in [6.45, 7) is 7.81. The zero-order chi connectivity index (χ0) is 26.6. The van der Waals surface area contributed by atoms with Gasteiger partial charge in [-0.2, -0.15) is 13.2 Å². The summed E-state index contributed by atoms with van der Waals surface area (Å²) >= 11 is 8.13. The topological polar surface area (TPSA) is 67.2 Å². The third-order valence-corrected chi connectivity index (χ3v) is 6.76. The second-order valence-electron chi connectivity index (χ2n) is 8.62. The molecule has 1 aliphatic rings. The van der Waals surface area contributed by atoms with Gasteiger partial charge in [-0.05, 0) is 53.6 Å². The van der Waals surface area contributed by atoms with E-state index in [9.17, 15) is 22.8 Å². The molecule has 0 atom stereocenters. The first-order valence-electron chi connectivity index (χ1n) is 11.2. The fourth-order valence-electron chi connectivity index (χ4n) is 3.56. The van der Waals surface area contributed by atoms with Crippen LogP contribution < -0.4 is 15.8 Å². The van der Waals surface area contributed by atoms with Crippen molar-refractivity contribution in [1.29, 1.82) is 0 Å². The van der Waals surface area contributed by atoms with Gasteiger partial charge in [-0.1, -0.05) is 49.9 Å². The van der Waals surface area contributed by atoms with Crippen molar-refractivity contribution >= 4 is 49.6 Å². The van der Waals surface area contributed by atoms with E-state index in [0.717, 1.165) is 0 Å². The number of carbonyl (C=O) groups is 1. The minimum absolute atomic E-state index is 0.00204. The van der Waals surface area contributed by atoms with Crippen LogP contribution in [0.3, 0.4) is 0 Å². The Morgan fingerprint density at radius 3 is 2.53 bits per heavy atom. The Morgan fingerprint density at radius 1 is 1.31 bits per heavy atom. The lowest BCUT2D eigenvalue weighted by atomic mass is 10.0. The predicted octanol–water partition coefficient (Wildman–Crippen LogP) is 5.81. The number of hydrogen-bond acceptors (Lipinski definition) is 4. The van der Waals surface area contributed by atoms with Crippen LogP contribution in [0.1, 0.15) is 26.7 Å². The van der Waals surface area contributed by atoms with E-state index in [1.165, 1.54) is 10.6 Å². The molecule has 0 radical (unpaired) electrons. The largest absolute Gasteiger partial charge is 0.416 e. The first-order valence-corrected chi connectivity index (χ1v) is 12.7. The molecule has 1 saturated heterocycles. The lowest BCUT2D eigenvalue weighted by Crippen LogP contribution is -2.46. The Morgan fingerprint density at radius 2 is 1.94 bits per heavy atom. The van der Waals surface area contributed by atoms with E-state index in [1.54, 1.807) is 46.9 Å². The van der Waals surface area contributed by atoms with Gasteiger partial charge in [-0.3, -0.25) is 9.59 Å². The summed E-state index contributed by atoms with van der Waals surface area (Å²) in [4.78, 5) is 31.9. The van der Waals surface area contributed by atoms with Gasteiger partial charge in [0.25, 0.3) is 5.56 Å². The van der Waals surface area contributed by atoms with Crippen LogP contribution in [-0.4, -0.2) is 40.8 Å². The van der Waals surface area contributed by atoms with Crippen LogP contribution in [0, 0.1) is 5.92 Å². The lowest BCUT2D eigenvalue weighted by molar-refractivity contribution is -0.124. The fourth-order valence-corrected chi connectivity index (χ4v) is 4.40. The van der Waals surface area contributed by atoms with E-state index in [2.05, 4.69) is 17.6 Å². The number of rotatable bonds is 6. The Labute approximate surface area is 225 Å². The highest BCUT2D eigenvalue weighted by Crippen LogP contribution is 2.31. The molecule has 2 heterocycles. The summed E-state index contributed by atoms with van der Waals surface area (Å²) in [5.74, 6) is 0.500. The van der Waals surface area contributed by atoms with Crippen molar-refractivity contribution in [2.24, 2.45) is 5.92 Å². The van der Waals surface area contributed by atoms with E-state index >= 15 is 0 Å². The maximum absolute atomic E-state index is 13.2. The predicted molar refractivity (Wildman–Crippen MR) is 144 cm³/mol. The van der Waals surface area contributed by atoms with Crippen molar-refractivity contribution < 1.29 is 18.0 Å². The number of hydrogen-bond donors (Lipinski definition) is 1. The van der Waals surface area contributed by atoms with Crippen molar-refractivity contribution in [3.8, 4) is 11.4 Å². The SMILES string of the molecule is C=C(C=C=C(I)n1c(-c2ccccc2Cl)nc(N2CCC(NC(=O)C(C)C)CC2)cc1=O)C(F)(F)F. The summed E-state index contributed by atoms with van der Waals surface area (Å²) in [6.07, 6.45) is -2.55. The van der Waals surface area contributed by atoms with E-state index in [4.69, 9.17) is 16.6 Å². The summed E-state index contributed by atoms with van der Waals surface area (Å²) in [7, 11) is 0. The van der Waals surface area contributed by atoms with Crippen LogP contribution in [0.5, 0.6) is 0 Å². The molecule has 0 aliphatic carbocycles. The molecule has 36 heavy (non-hydrogen) atoms. The van der Waals surface area contributed by atoms with Gasteiger partial charge in [-0.15, -0.1) is 0 Å². The van der Waals surface area contributed by atoms with Crippen molar-refractivity contribution in [1.82, 2.24) is 14.9 Å². The molecule has 0 bridgehead atoms. The van der Waals surface area contributed by atoms with Crippen LogP contribution in [0.4, 0.5) is 19.0 Å². The molecule has 1 fully saturated rings. The summed E-state index contributed by atoms with van der Waals surface area (Å²) in [5.41, 5.74) is 1.35. The first-order chi connectivity index (χ1) is 16.9. The third kappa shape index (κ3) is 6.80. The van der Waals surface area contributed by atoms with Crippen molar-refractivity contribution in [2.45, 2.75) is 38.9 Å². The Kier molecular flexibility index (Phi) is 9.08. The average Bonchev–Trinajstić information content (AvgIpc) is 2.81. The van der Waals surface area contributed by atoms with Gasteiger partial charge in [0.1, 0.15) is 9.52 Å². The second-order valence-corrected chi connectivity index (χ2v) is 10.0. The number of amides is 1. The highest BCUT2D eigenvalue weighted by Gasteiger charge is 2.30. The average molecular weight is 633 g/mol. The second kappa shape index (κ2) is 11.7. The molecule has 3 rings (SSSR count). The number of carbonyl (C=O) groups excluding carboxylic acids is 1. The smallest absolute Gasteiger partial charge is 0.356 e. The minimum Gasteiger partial charge on any atom is -0.356 e. The van der Waals surface area contributed by atoms with Gasteiger partial charge in [0.2, 0.25) is 5.91 Å². The molecule has 1 amide bonds. The van der Waals surface area contributed by atoms with Crippen LogP contribution in [0.2, 0.25) is 5.02 Å². The minimum atomic E-state index is -4.61. The molecule has 0 saturated carbocycles. The highest BCUT2D eigenvalue weighted by atomic mass is 127. The first kappa shape index (κ1) is 28.0. The third-order valence-electron chi connectivity index (χ3n) is 5.64. The Bertz CT molecular complexity index is 1270. The maximum atomic E-state index is 13.2. The number of nitrogens with one attached hydrogen (secondary N) is 1. The fraction of sp³-hybridized carbons (Fsp3) is 0.360. The maximum Gasteiger partial charge on any atom is 0.416 e. The van der Waals surface area contributed by atoms with Gasteiger partial charge in [0.05, 0.1) is 10.6 Å². The van der Waals surface area contributed by atoms with E-state index in [0.29, 0.717) is 48.4 Å².